The van der Waals surface area contributed by atoms with E-state index in [2.05, 4.69) is 10.5 Å². The average molecular weight is 281 g/mol. The van der Waals surface area contributed by atoms with E-state index in [0.717, 1.165) is 22.6 Å². The van der Waals surface area contributed by atoms with Gasteiger partial charge in [-0.15, -0.1) is 0 Å². The smallest absolute Gasteiger partial charge is 0.138 e. The van der Waals surface area contributed by atoms with Crippen LogP contribution < -0.4 is 5.32 Å². The molecule has 2 N–H and O–H groups in total. The van der Waals surface area contributed by atoms with Gasteiger partial charge >= 0.3 is 0 Å². The van der Waals surface area contributed by atoms with Gasteiger partial charge in [0.2, 0.25) is 0 Å². The van der Waals surface area contributed by atoms with Gasteiger partial charge in [-0.3, -0.25) is 0 Å². The molecular formula is C14H17ClN2O2. The maximum atomic E-state index is 9.76. The summed E-state index contributed by atoms with van der Waals surface area (Å²) in [5.74, 6) is 1.05. The summed E-state index contributed by atoms with van der Waals surface area (Å²) in [6.07, 6.45) is 0. The van der Waals surface area contributed by atoms with Gasteiger partial charge in [0.1, 0.15) is 11.5 Å². The number of aromatic hydroxyl groups is 1. The van der Waals surface area contributed by atoms with E-state index < -0.39 is 0 Å². The van der Waals surface area contributed by atoms with Gasteiger partial charge in [0, 0.05) is 28.7 Å². The molecule has 19 heavy (non-hydrogen) atoms. The minimum atomic E-state index is 0.0876. The zero-order chi connectivity index (χ0) is 14.0. The van der Waals surface area contributed by atoms with Gasteiger partial charge in [0.15, 0.2) is 0 Å². The van der Waals surface area contributed by atoms with Crippen molar-refractivity contribution >= 4 is 11.6 Å². The van der Waals surface area contributed by atoms with Gasteiger partial charge < -0.3 is 14.9 Å². The van der Waals surface area contributed by atoms with E-state index in [0.29, 0.717) is 11.6 Å². The van der Waals surface area contributed by atoms with Crippen LogP contribution in [0.4, 0.5) is 0 Å². The van der Waals surface area contributed by atoms with Crippen LogP contribution in [0.15, 0.2) is 22.7 Å². The lowest BCUT2D eigenvalue weighted by Gasteiger charge is -2.14. The molecular weight excluding hydrogens is 264 g/mol. The molecule has 0 bridgehead atoms. The Morgan fingerprint density at radius 1 is 1.42 bits per heavy atom. The molecule has 0 saturated carbocycles. The molecule has 2 rings (SSSR count). The second kappa shape index (κ2) is 5.63. The number of aromatic nitrogens is 1. The van der Waals surface area contributed by atoms with Gasteiger partial charge in [0.05, 0.1) is 5.69 Å². The third-order valence-corrected chi connectivity index (χ3v) is 3.40. The Morgan fingerprint density at radius 3 is 2.79 bits per heavy atom. The normalized spacial score (nSPS) is 12.6. The van der Waals surface area contributed by atoms with Crippen molar-refractivity contribution in [3.05, 3.63) is 45.8 Å². The molecule has 5 heteroatoms. The Bertz CT molecular complexity index is 561. The van der Waals surface area contributed by atoms with Crippen molar-refractivity contribution < 1.29 is 9.63 Å². The number of phenols is 1. The minimum Gasteiger partial charge on any atom is -0.508 e. The minimum absolute atomic E-state index is 0.0876. The van der Waals surface area contributed by atoms with Crippen molar-refractivity contribution in [3.8, 4) is 5.75 Å². The summed E-state index contributed by atoms with van der Waals surface area (Å²) in [5, 5.41) is 17.6. The molecule has 0 amide bonds. The van der Waals surface area contributed by atoms with E-state index in [1.54, 1.807) is 18.2 Å². The highest BCUT2D eigenvalue weighted by Gasteiger charge is 2.16. The van der Waals surface area contributed by atoms with E-state index in [1.807, 2.05) is 20.8 Å². The van der Waals surface area contributed by atoms with Crippen LogP contribution in [0.5, 0.6) is 5.75 Å². The Kier molecular flexibility index (Phi) is 4.12. The van der Waals surface area contributed by atoms with E-state index in [-0.39, 0.29) is 11.8 Å². The molecule has 0 aliphatic carbocycles. The number of hydrogen-bond donors (Lipinski definition) is 2. The Balaban J connectivity index is 2.08. The summed E-state index contributed by atoms with van der Waals surface area (Å²) < 4.78 is 5.15. The first kappa shape index (κ1) is 13.9. The number of hydrogen-bond acceptors (Lipinski definition) is 4. The highest BCUT2D eigenvalue weighted by Crippen LogP contribution is 2.24. The van der Waals surface area contributed by atoms with Gasteiger partial charge in [0.25, 0.3) is 0 Å². The lowest BCUT2D eigenvalue weighted by atomic mass is 10.1. The highest BCUT2D eigenvalue weighted by atomic mass is 35.5. The van der Waals surface area contributed by atoms with Crippen molar-refractivity contribution in [3.63, 3.8) is 0 Å². The van der Waals surface area contributed by atoms with Crippen LogP contribution in [0, 0.1) is 13.8 Å². The first-order chi connectivity index (χ1) is 8.99. The van der Waals surface area contributed by atoms with Crippen LogP contribution in [0.3, 0.4) is 0 Å². The molecule has 1 unspecified atom stereocenters. The maximum Gasteiger partial charge on any atom is 0.138 e. The fourth-order valence-corrected chi connectivity index (χ4v) is 2.36. The zero-order valence-electron chi connectivity index (χ0n) is 11.2. The van der Waals surface area contributed by atoms with Crippen molar-refractivity contribution in [2.45, 2.75) is 33.4 Å². The maximum absolute atomic E-state index is 9.76. The van der Waals surface area contributed by atoms with Gasteiger partial charge in [-0.1, -0.05) is 16.8 Å². The summed E-state index contributed by atoms with van der Waals surface area (Å²) in [6.45, 7) is 6.37. The summed E-state index contributed by atoms with van der Waals surface area (Å²) in [4.78, 5) is 0. The summed E-state index contributed by atoms with van der Waals surface area (Å²) in [5.41, 5.74) is 2.71. The van der Waals surface area contributed by atoms with E-state index >= 15 is 0 Å². The quantitative estimate of drug-likeness (QED) is 0.900. The number of nitrogens with zero attached hydrogens (tertiary/aromatic N) is 1. The molecule has 0 aliphatic rings. The lowest BCUT2D eigenvalue weighted by molar-refractivity contribution is 0.390. The molecule has 102 valence electrons. The monoisotopic (exact) mass is 280 g/mol. The Labute approximate surface area is 117 Å². The fourth-order valence-electron chi connectivity index (χ4n) is 2.17. The Hall–Kier alpha value is -1.52. The van der Waals surface area contributed by atoms with E-state index in [9.17, 15) is 5.11 Å². The highest BCUT2D eigenvalue weighted by molar-refractivity contribution is 6.30. The molecule has 0 fully saturated rings. The molecule has 0 saturated heterocycles. The number of aryl methyl sites for hydroxylation is 2. The number of benzene rings is 1. The predicted octanol–water partition coefficient (Wildman–Crippen LogP) is 3.50. The first-order valence-electron chi connectivity index (χ1n) is 6.12. The summed E-state index contributed by atoms with van der Waals surface area (Å²) in [7, 11) is 0. The topological polar surface area (TPSA) is 58.3 Å². The third kappa shape index (κ3) is 3.08. The molecule has 1 aromatic heterocycles. The first-order valence-corrected chi connectivity index (χ1v) is 6.50. The molecule has 0 aliphatic heterocycles. The number of halogens is 1. The van der Waals surface area contributed by atoms with Crippen LogP contribution in [0.2, 0.25) is 5.02 Å². The molecule has 1 aromatic carbocycles. The molecule has 4 nitrogen and oxygen atoms in total. The van der Waals surface area contributed by atoms with Crippen LogP contribution in [-0.2, 0) is 6.54 Å². The standard InChI is InChI=1S/C14H17ClN2O2/c1-8(14-9(2)17-19-10(14)3)16-7-11-6-12(15)4-5-13(11)18/h4-6,8,16,18H,7H2,1-3H3. The summed E-state index contributed by atoms with van der Waals surface area (Å²) >= 11 is 5.92. The SMILES string of the molecule is Cc1noc(C)c1C(C)NCc1cc(Cl)ccc1O. The van der Waals surface area contributed by atoms with E-state index in [4.69, 9.17) is 16.1 Å². The average Bonchev–Trinajstić information content (AvgIpc) is 2.70. The second-order valence-electron chi connectivity index (χ2n) is 4.61. The number of nitrogens with one attached hydrogen (secondary N) is 1. The van der Waals surface area contributed by atoms with Crippen LogP contribution >= 0.6 is 11.6 Å². The van der Waals surface area contributed by atoms with Gasteiger partial charge in [-0.25, -0.2) is 0 Å². The molecule has 1 heterocycles. The van der Waals surface area contributed by atoms with Gasteiger partial charge in [-0.2, -0.15) is 0 Å². The number of rotatable bonds is 4. The molecule has 2 aromatic rings. The van der Waals surface area contributed by atoms with Crippen molar-refractivity contribution in [1.29, 1.82) is 0 Å². The third-order valence-electron chi connectivity index (χ3n) is 3.16. The van der Waals surface area contributed by atoms with Gasteiger partial charge in [-0.05, 0) is 39.0 Å². The fraction of sp³-hybridized carbons (Fsp3) is 0.357. The lowest BCUT2D eigenvalue weighted by Crippen LogP contribution is -2.19. The van der Waals surface area contributed by atoms with Crippen LogP contribution in [-0.4, -0.2) is 10.3 Å². The zero-order valence-corrected chi connectivity index (χ0v) is 12.0. The second-order valence-corrected chi connectivity index (χ2v) is 5.05. The molecule has 0 radical (unpaired) electrons. The molecule has 0 spiro atoms. The predicted molar refractivity (Wildman–Crippen MR) is 74.3 cm³/mol. The van der Waals surface area contributed by atoms with Crippen molar-refractivity contribution in [1.82, 2.24) is 10.5 Å². The summed E-state index contributed by atoms with van der Waals surface area (Å²) in [6, 6.07) is 5.10. The molecule has 1 atom stereocenters. The van der Waals surface area contributed by atoms with Crippen molar-refractivity contribution in [2.75, 3.05) is 0 Å². The Morgan fingerprint density at radius 2 is 2.16 bits per heavy atom. The van der Waals surface area contributed by atoms with E-state index in [1.165, 1.54) is 0 Å². The van der Waals surface area contributed by atoms with Crippen LogP contribution in [0.1, 0.15) is 35.5 Å². The van der Waals surface area contributed by atoms with Crippen molar-refractivity contribution in [2.24, 2.45) is 0 Å². The largest absolute Gasteiger partial charge is 0.508 e. The van der Waals surface area contributed by atoms with Crippen LogP contribution in [0.25, 0.3) is 0 Å². The number of phenolic OH excluding ortho intramolecular Hbond substituents is 1.